The number of fused-ring (bicyclic) bond motifs is 1. The van der Waals surface area contributed by atoms with Crippen LogP contribution in [0.4, 0.5) is 0 Å². The third kappa shape index (κ3) is 5.24. The Bertz CT molecular complexity index is 433. The minimum absolute atomic E-state index is 0.353. The zero-order valence-electron chi connectivity index (χ0n) is 13.7. The summed E-state index contributed by atoms with van der Waals surface area (Å²) in [7, 11) is 0. The highest BCUT2D eigenvalue weighted by Crippen LogP contribution is 2.32. The quantitative estimate of drug-likeness (QED) is 0.688. The first-order chi connectivity index (χ1) is 10.2. The smallest absolute Gasteiger partial charge is 0.231 e. The van der Waals surface area contributed by atoms with Crippen molar-refractivity contribution in [2.45, 2.75) is 71.4 Å². The monoisotopic (exact) mass is 291 g/mol. The highest BCUT2D eigenvalue weighted by Gasteiger charge is 2.14. The molecular formula is C18H29NO2. The Morgan fingerprint density at radius 2 is 1.81 bits per heavy atom. The number of unbranched alkanes of at least 4 members (excludes halogenated alkanes) is 2. The van der Waals surface area contributed by atoms with Crippen molar-refractivity contribution in [1.29, 1.82) is 0 Å². The molecule has 118 valence electrons. The zero-order valence-corrected chi connectivity index (χ0v) is 13.7. The lowest BCUT2D eigenvalue weighted by atomic mass is 10.0. The second-order valence-electron chi connectivity index (χ2n) is 6.19. The van der Waals surface area contributed by atoms with E-state index >= 15 is 0 Å². The van der Waals surface area contributed by atoms with Gasteiger partial charge in [0.15, 0.2) is 11.5 Å². The molecule has 1 aliphatic rings. The average Bonchev–Trinajstić information content (AvgIpc) is 2.93. The second kappa shape index (κ2) is 8.28. The normalized spacial score (nSPS) is 16.0. The lowest BCUT2D eigenvalue weighted by molar-refractivity contribution is 0.174. The lowest BCUT2D eigenvalue weighted by Gasteiger charge is -2.20. The largest absolute Gasteiger partial charge is 0.454 e. The molecule has 0 bridgehead atoms. The molecule has 0 saturated heterocycles. The topological polar surface area (TPSA) is 30.5 Å². The van der Waals surface area contributed by atoms with Crippen molar-refractivity contribution < 1.29 is 9.47 Å². The maximum atomic E-state index is 5.43. The Kier molecular flexibility index (Phi) is 6.37. The zero-order chi connectivity index (χ0) is 15.1. The van der Waals surface area contributed by atoms with E-state index in [1.807, 2.05) is 6.07 Å². The number of rotatable bonds is 9. The molecule has 1 aromatic rings. The summed E-state index contributed by atoms with van der Waals surface area (Å²) in [6.45, 7) is 7.19. The van der Waals surface area contributed by atoms with E-state index in [-0.39, 0.29) is 0 Å². The summed E-state index contributed by atoms with van der Waals surface area (Å²) in [5.74, 6) is 1.76. The number of nitrogens with one attached hydrogen (secondary N) is 1. The van der Waals surface area contributed by atoms with Crippen LogP contribution in [-0.2, 0) is 6.42 Å². The molecule has 3 heteroatoms. The summed E-state index contributed by atoms with van der Waals surface area (Å²) in [5, 5.41) is 3.71. The summed E-state index contributed by atoms with van der Waals surface area (Å²) in [5.41, 5.74) is 1.33. The Hall–Kier alpha value is -1.22. The first-order valence-electron chi connectivity index (χ1n) is 8.33. The standard InChI is InChI=1S/C18H29NO2/c1-4-5-6-7-14(2)19-15(3)8-9-16-10-11-17-18(12-16)21-13-20-17/h10-12,14-15,19H,4-9,13H2,1-3H3. The highest BCUT2D eigenvalue weighted by atomic mass is 16.7. The Morgan fingerprint density at radius 1 is 1.05 bits per heavy atom. The molecule has 0 aromatic heterocycles. The molecule has 0 saturated carbocycles. The summed E-state index contributed by atoms with van der Waals surface area (Å²) >= 11 is 0. The molecule has 2 atom stereocenters. The van der Waals surface area contributed by atoms with Gasteiger partial charge in [-0.15, -0.1) is 0 Å². The molecule has 1 aromatic carbocycles. The Labute approximate surface area is 129 Å². The van der Waals surface area contributed by atoms with Gasteiger partial charge in [0.05, 0.1) is 0 Å². The van der Waals surface area contributed by atoms with Gasteiger partial charge >= 0.3 is 0 Å². The van der Waals surface area contributed by atoms with Gasteiger partial charge in [0.1, 0.15) is 0 Å². The Balaban J connectivity index is 1.70. The maximum absolute atomic E-state index is 5.43. The van der Waals surface area contributed by atoms with Crippen molar-refractivity contribution in [2.75, 3.05) is 6.79 Å². The van der Waals surface area contributed by atoms with E-state index in [0.717, 1.165) is 24.3 Å². The van der Waals surface area contributed by atoms with E-state index in [4.69, 9.17) is 9.47 Å². The van der Waals surface area contributed by atoms with Crippen LogP contribution < -0.4 is 14.8 Å². The molecule has 2 rings (SSSR count). The molecule has 2 unspecified atom stereocenters. The number of hydrogen-bond donors (Lipinski definition) is 1. The van der Waals surface area contributed by atoms with E-state index in [9.17, 15) is 0 Å². The van der Waals surface area contributed by atoms with E-state index in [1.54, 1.807) is 0 Å². The van der Waals surface area contributed by atoms with Gasteiger partial charge in [-0.2, -0.15) is 0 Å². The molecule has 0 spiro atoms. The number of benzene rings is 1. The fourth-order valence-corrected chi connectivity index (χ4v) is 2.83. The van der Waals surface area contributed by atoms with Gasteiger partial charge in [0, 0.05) is 12.1 Å². The third-order valence-corrected chi connectivity index (χ3v) is 4.11. The molecule has 0 fully saturated rings. The van der Waals surface area contributed by atoms with Crippen molar-refractivity contribution in [1.82, 2.24) is 5.32 Å². The van der Waals surface area contributed by atoms with E-state index < -0.39 is 0 Å². The van der Waals surface area contributed by atoms with Crippen LogP contribution in [0.15, 0.2) is 18.2 Å². The number of ether oxygens (including phenoxy) is 2. The van der Waals surface area contributed by atoms with Gasteiger partial charge in [-0.1, -0.05) is 32.3 Å². The van der Waals surface area contributed by atoms with Crippen LogP contribution in [0, 0.1) is 0 Å². The highest BCUT2D eigenvalue weighted by molar-refractivity contribution is 5.44. The molecule has 0 amide bonds. The number of aryl methyl sites for hydroxylation is 1. The van der Waals surface area contributed by atoms with Crippen LogP contribution in [0.25, 0.3) is 0 Å². The van der Waals surface area contributed by atoms with E-state index in [0.29, 0.717) is 18.9 Å². The van der Waals surface area contributed by atoms with Crippen LogP contribution in [0.2, 0.25) is 0 Å². The van der Waals surface area contributed by atoms with Gasteiger partial charge in [-0.3, -0.25) is 0 Å². The maximum Gasteiger partial charge on any atom is 0.231 e. The van der Waals surface area contributed by atoms with Crippen molar-refractivity contribution in [3.63, 3.8) is 0 Å². The van der Waals surface area contributed by atoms with Crippen LogP contribution in [0.1, 0.15) is 58.4 Å². The lowest BCUT2D eigenvalue weighted by Crippen LogP contribution is -2.34. The summed E-state index contributed by atoms with van der Waals surface area (Å²) < 4.78 is 10.8. The van der Waals surface area contributed by atoms with Gasteiger partial charge in [0.2, 0.25) is 6.79 Å². The summed E-state index contributed by atoms with van der Waals surface area (Å²) in [6, 6.07) is 7.43. The first kappa shape index (κ1) is 16.2. The molecule has 1 heterocycles. The van der Waals surface area contributed by atoms with Gasteiger partial charge in [-0.05, 0) is 50.8 Å². The van der Waals surface area contributed by atoms with Gasteiger partial charge < -0.3 is 14.8 Å². The van der Waals surface area contributed by atoms with Gasteiger partial charge in [-0.25, -0.2) is 0 Å². The van der Waals surface area contributed by atoms with E-state index in [1.165, 1.54) is 31.2 Å². The van der Waals surface area contributed by atoms with Crippen LogP contribution in [0.3, 0.4) is 0 Å². The third-order valence-electron chi connectivity index (χ3n) is 4.11. The molecular weight excluding hydrogens is 262 g/mol. The Morgan fingerprint density at radius 3 is 2.62 bits per heavy atom. The molecule has 1 N–H and O–H groups in total. The first-order valence-corrected chi connectivity index (χ1v) is 8.33. The van der Waals surface area contributed by atoms with E-state index in [2.05, 4.69) is 38.2 Å². The molecule has 0 radical (unpaired) electrons. The second-order valence-corrected chi connectivity index (χ2v) is 6.19. The number of hydrogen-bond acceptors (Lipinski definition) is 3. The van der Waals surface area contributed by atoms with Crippen molar-refractivity contribution in [3.05, 3.63) is 23.8 Å². The molecule has 3 nitrogen and oxygen atoms in total. The van der Waals surface area contributed by atoms with Gasteiger partial charge in [0.25, 0.3) is 0 Å². The van der Waals surface area contributed by atoms with Crippen LogP contribution in [-0.4, -0.2) is 18.9 Å². The average molecular weight is 291 g/mol. The molecule has 1 aliphatic heterocycles. The van der Waals surface area contributed by atoms with Crippen molar-refractivity contribution in [2.24, 2.45) is 0 Å². The minimum Gasteiger partial charge on any atom is -0.454 e. The SMILES string of the molecule is CCCCCC(C)NC(C)CCc1ccc2c(c1)OCO2. The summed E-state index contributed by atoms with van der Waals surface area (Å²) in [4.78, 5) is 0. The molecule has 21 heavy (non-hydrogen) atoms. The van der Waals surface area contributed by atoms with Crippen molar-refractivity contribution in [3.8, 4) is 11.5 Å². The minimum atomic E-state index is 0.353. The fraction of sp³-hybridized carbons (Fsp3) is 0.667. The fourth-order valence-electron chi connectivity index (χ4n) is 2.83. The predicted octanol–water partition coefficient (Wildman–Crippen LogP) is 4.29. The summed E-state index contributed by atoms with van der Waals surface area (Å²) in [6.07, 6.45) is 7.48. The van der Waals surface area contributed by atoms with Crippen LogP contribution >= 0.6 is 0 Å². The van der Waals surface area contributed by atoms with Crippen LogP contribution in [0.5, 0.6) is 11.5 Å². The van der Waals surface area contributed by atoms with Crippen molar-refractivity contribution >= 4 is 0 Å². The molecule has 0 aliphatic carbocycles. The predicted molar refractivity (Wildman–Crippen MR) is 87.1 cm³/mol.